The Morgan fingerprint density at radius 3 is 2.78 bits per heavy atom. The predicted octanol–water partition coefficient (Wildman–Crippen LogP) is 0.174. The van der Waals surface area contributed by atoms with Crippen molar-refractivity contribution in [2.75, 3.05) is 20.3 Å². The Labute approximate surface area is 106 Å². The van der Waals surface area contributed by atoms with Gasteiger partial charge in [0.2, 0.25) is 15.5 Å². The Morgan fingerprint density at radius 1 is 1.50 bits per heavy atom. The van der Waals surface area contributed by atoms with Crippen LogP contribution in [0.3, 0.4) is 0 Å². The van der Waals surface area contributed by atoms with Gasteiger partial charge in [-0.25, -0.2) is 8.42 Å². The molecule has 0 atom stereocenters. The molecule has 6 nitrogen and oxygen atoms in total. The molecule has 1 aliphatic carbocycles. The van der Waals surface area contributed by atoms with Gasteiger partial charge < -0.3 is 9.72 Å². The van der Waals surface area contributed by atoms with E-state index in [1.807, 2.05) is 0 Å². The van der Waals surface area contributed by atoms with Crippen LogP contribution in [0.2, 0.25) is 0 Å². The van der Waals surface area contributed by atoms with Crippen molar-refractivity contribution in [3.63, 3.8) is 0 Å². The van der Waals surface area contributed by atoms with Crippen LogP contribution >= 0.6 is 0 Å². The Kier molecular flexibility index (Phi) is 3.84. The van der Waals surface area contributed by atoms with E-state index >= 15 is 0 Å². The van der Waals surface area contributed by atoms with Crippen molar-refractivity contribution < 1.29 is 13.2 Å². The van der Waals surface area contributed by atoms with Crippen LogP contribution in [0.25, 0.3) is 0 Å². The summed E-state index contributed by atoms with van der Waals surface area (Å²) in [6, 6.07) is 1.22. The van der Waals surface area contributed by atoms with Crippen molar-refractivity contribution in [2.45, 2.75) is 23.8 Å². The molecule has 0 amide bonds. The smallest absolute Gasteiger partial charge is 0.248 e. The van der Waals surface area contributed by atoms with Gasteiger partial charge in [0, 0.05) is 38.2 Å². The highest BCUT2D eigenvalue weighted by molar-refractivity contribution is 7.89. The number of sulfonamides is 1. The van der Waals surface area contributed by atoms with E-state index in [1.165, 1.54) is 29.9 Å². The molecule has 1 N–H and O–H groups in total. The number of hydrogen-bond donors (Lipinski definition) is 1. The lowest BCUT2D eigenvalue weighted by atomic mass is 10.5. The summed E-state index contributed by atoms with van der Waals surface area (Å²) in [5.41, 5.74) is -0.489. The molecule has 0 unspecified atom stereocenters. The zero-order valence-corrected chi connectivity index (χ0v) is 10.9. The molecule has 100 valence electrons. The molecule has 1 heterocycles. The summed E-state index contributed by atoms with van der Waals surface area (Å²) < 4.78 is 31.1. The van der Waals surface area contributed by atoms with Crippen LogP contribution < -0.4 is 5.43 Å². The minimum absolute atomic E-state index is 0.00440. The first kappa shape index (κ1) is 13.3. The van der Waals surface area contributed by atoms with Gasteiger partial charge in [0.15, 0.2) is 0 Å². The summed E-state index contributed by atoms with van der Waals surface area (Å²) in [7, 11) is -2.21. The third-order valence-electron chi connectivity index (χ3n) is 2.84. The van der Waals surface area contributed by atoms with E-state index in [9.17, 15) is 13.2 Å². The van der Waals surface area contributed by atoms with Gasteiger partial charge >= 0.3 is 0 Å². The molecule has 2 rings (SSSR count). The fourth-order valence-electron chi connectivity index (χ4n) is 1.77. The lowest BCUT2D eigenvalue weighted by molar-refractivity contribution is 0.177. The highest BCUT2D eigenvalue weighted by Crippen LogP contribution is 2.30. The second-order valence-electron chi connectivity index (χ2n) is 4.21. The van der Waals surface area contributed by atoms with Gasteiger partial charge in [-0.2, -0.15) is 4.31 Å². The second kappa shape index (κ2) is 5.21. The third-order valence-corrected chi connectivity index (χ3v) is 4.82. The zero-order valence-electron chi connectivity index (χ0n) is 10.1. The molecule has 1 saturated carbocycles. The number of methoxy groups -OCH3 is 1. The lowest BCUT2D eigenvalue weighted by Crippen LogP contribution is -2.38. The van der Waals surface area contributed by atoms with Crippen molar-refractivity contribution in [1.82, 2.24) is 9.29 Å². The summed E-state index contributed by atoms with van der Waals surface area (Å²) in [5, 5.41) is 0. The van der Waals surface area contributed by atoms with E-state index in [-0.39, 0.29) is 17.5 Å². The highest BCUT2D eigenvalue weighted by atomic mass is 32.2. The van der Waals surface area contributed by atoms with Crippen LogP contribution in [0, 0.1) is 0 Å². The SMILES string of the molecule is COCCN(C1CC1)S(=O)(=O)c1c[nH]ccc1=O. The van der Waals surface area contributed by atoms with E-state index < -0.39 is 15.5 Å². The van der Waals surface area contributed by atoms with E-state index in [2.05, 4.69) is 4.98 Å². The molecule has 1 aliphatic rings. The monoisotopic (exact) mass is 272 g/mol. The molecule has 0 radical (unpaired) electrons. The number of pyridine rings is 1. The minimum atomic E-state index is -3.73. The van der Waals surface area contributed by atoms with Crippen molar-refractivity contribution in [1.29, 1.82) is 0 Å². The Morgan fingerprint density at radius 2 is 2.22 bits per heavy atom. The van der Waals surface area contributed by atoms with Gasteiger partial charge in [-0.3, -0.25) is 4.79 Å². The summed E-state index contributed by atoms with van der Waals surface area (Å²) in [6.07, 6.45) is 4.33. The molecule has 1 aromatic rings. The van der Waals surface area contributed by atoms with Gasteiger partial charge in [-0.1, -0.05) is 0 Å². The molecule has 7 heteroatoms. The Hall–Kier alpha value is -1.18. The molecule has 0 spiro atoms. The van der Waals surface area contributed by atoms with Crippen molar-refractivity contribution in [3.8, 4) is 0 Å². The molecule has 0 saturated heterocycles. The van der Waals surface area contributed by atoms with Gasteiger partial charge in [0.25, 0.3) is 0 Å². The second-order valence-corrected chi connectivity index (χ2v) is 6.07. The van der Waals surface area contributed by atoms with Crippen LogP contribution in [0.1, 0.15) is 12.8 Å². The average molecular weight is 272 g/mol. The predicted molar refractivity (Wildman–Crippen MR) is 65.9 cm³/mol. The molecule has 0 bridgehead atoms. The number of H-pyrrole nitrogens is 1. The van der Waals surface area contributed by atoms with Gasteiger partial charge in [-0.05, 0) is 12.8 Å². The largest absolute Gasteiger partial charge is 0.383 e. The van der Waals surface area contributed by atoms with Crippen LogP contribution in [0.5, 0.6) is 0 Å². The van der Waals surface area contributed by atoms with E-state index in [0.717, 1.165) is 12.8 Å². The van der Waals surface area contributed by atoms with Crippen molar-refractivity contribution in [2.24, 2.45) is 0 Å². The minimum Gasteiger partial charge on any atom is -0.383 e. The number of aromatic nitrogens is 1. The summed E-state index contributed by atoms with van der Waals surface area (Å²) in [6.45, 7) is 0.596. The maximum absolute atomic E-state index is 12.4. The van der Waals surface area contributed by atoms with E-state index in [4.69, 9.17) is 4.74 Å². The molecular weight excluding hydrogens is 256 g/mol. The molecule has 0 aromatic carbocycles. The van der Waals surface area contributed by atoms with E-state index in [0.29, 0.717) is 6.61 Å². The number of hydrogen-bond acceptors (Lipinski definition) is 4. The van der Waals surface area contributed by atoms with Crippen molar-refractivity contribution in [3.05, 3.63) is 28.7 Å². The van der Waals surface area contributed by atoms with Gasteiger partial charge in [0.1, 0.15) is 4.90 Å². The standard InChI is InChI=1S/C11H16N2O4S/c1-17-7-6-13(9-2-3-9)18(15,16)11-8-12-5-4-10(11)14/h4-5,8-9H,2-3,6-7H2,1H3,(H,12,14). The van der Waals surface area contributed by atoms with Crippen LogP contribution in [-0.4, -0.2) is 44.0 Å². The summed E-state index contributed by atoms with van der Waals surface area (Å²) in [4.78, 5) is 14.1. The normalized spacial score (nSPS) is 16.1. The number of rotatable bonds is 6. The van der Waals surface area contributed by atoms with Crippen LogP contribution in [0.4, 0.5) is 0 Å². The topological polar surface area (TPSA) is 79.5 Å². The molecule has 1 fully saturated rings. The maximum Gasteiger partial charge on any atom is 0.248 e. The Bertz CT molecular complexity index is 562. The summed E-state index contributed by atoms with van der Waals surface area (Å²) >= 11 is 0. The lowest BCUT2D eigenvalue weighted by Gasteiger charge is -2.20. The number of nitrogens with zero attached hydrogens (tertiary/aromatic N) is 1. The number of ether oxygens (including phenoxy) is 1. The summed E-state index contributed by atoms with van der Waals surface area (Å²) in [5.74, 6) is 0. The quantitative estimate of drug-likeness (QED) is 0.801. The maximum atomic E-state index is 12.4. The first-order chi connectivity index (χ1) is 8.57. The van der Waals surface area contributed by atoms with Crippen molar-refractivity contribution >= 4 is 10.0 Å². The fourth-order valence-corrected chi connectivity index (χ4v) is 3.48. The third kappa shape index (κ3) is 2.63. The van der Waals surface area contributed by atoms with Gasteiger partial charge in [-0.15, -0.1) is 0 Å². The first-order valence-electron chi connectivity index (χ1n) is 5.75. The molecular formula is C11H16N2O4S. The van der Waals surface area contributed by atoms with E-state index in [1.54, 1.807) is 0 Å². The fraction of sp³-hybridized carbons (Fsp3) is 0.545. The average Bonchev–Trinajstić information content (AvgIpc) is 3.14. The number of aromatic amines is 1. The van der Waals surface area contributed by atoms with Crippen LogP contribution in [0.15, 0.2) is 28.2 Å². The van der Waals surface area contributed by atoms with Crippen LogP contribution in [-0.2, 0) is 14.8 Å². The zero-order chi connectivity index (χ0) is 13.2. The molecule has 0 aliphatic heterocycles. The van der Waals surface area contributed by atoms with Gasteiger partial charge in [0.05, 0.1) is 6.61 Å². The first-order valence-corrected chi connectivity index (χ1v) is 7.19. The molecule has 1 aromatic heterocycles. The number of nitrogens with one attached hydrogen (secondary N) is 1. The highest BCUT2D eigenvalue weighted by Gasteiger charge is 2.38. The molecule has 18 heavy (non-hydrogen) atoms. The Balaban J connectivity index is 2.33.